The molecule has 1 aliphatic rings. The molecule has 3 rings (SSSR count). The minimum atomic E-state index is -0.923. The van der Waals surface area contributed by atoms with Crippen LogP contribution in [0.15, 0.2) is 46.4 Å². The average molecular weight is 487 g/mol. The number of benzene rings is 2. The van der Waals surface area contributed by atoms with Gasteiger partial charge in [-0.3, -0.25) is 14.9 Å². The van der Waals surface area contributed by atoms with Gasteiger partial charge in [0.25, 0.3) is 11.8 Å². The molecule has 7 nitrogen and oxygen atoms in total. The van der Waals surface area contributed by atoms with Crippen LogP contribution in [0.4, 0.5) is 14.9 Å². The van der Waals surface area contributed by atoms with E-state index in [1.807, 2.05) is 0 Å². The van der Waals surface area contributed by atoms with Gasteiger partial charge in [0.2, 0.25) is 0 Å². The Labute approximate surface area is 185 Å². The van der Waals surface area contributed by atoms with Gasteiger partial charge in [0.15, 0.2) is 11.5 Å². The molecule has 0 unspecified atom stereocenters. The van der Waals surface area contributed by atoms with Crippen LogP contribution in [0.2, 0.25) is 0 Å². The molecule has 158 valence electrons. The van der Waals surface area contributed by atoms with E-state index in [9.17, 15) is 18.8 Å². The van der Waals surface area contributed by atoms with E-state index < -0.39 is 23.7 Å². The number of ether oxygens (including phenoxy) is 2. The van der Waals surface area contributed by atoms with Crippen LogP contribution < -0.4 is 19.7 Å². The minimum Gasteiger partial charge on any atom is -0.490 e. The van der Waals surface area contributed by atoms with E-state index in [0.717, 1.165) is 17.0 Å². The number of amides is 4. The van der Waals surface area contributed by atoms with Gasteiger partial charge in [-0.2, -0.15) is 0 Å². The third-order valence-electron chi connectivity index (χ3n) is 4.13. The first-order chi connectivity index (χ1) is 14.8. The molecule has 0 atom stereocenters. The Morgan fingerprint density at radius 3 is 2.55 bits per heavy atom. The third kappa shape index (κ3) is 4.75. The van der Waals surface area contributed by atoms with Crippen molar-refractivity contribution in [1.29, 1.82) is 0 Å². The largest absolute Gasteiger partial charge is 0.490 e. The number of barbiturate groups is 1. The molecule has 1 N–H and O–H groups in total. The molecule has 0 saturated carbocycles. The lowest BCUT2D eigenvalue weighted by molar-refractivity contribution is -0.122. The second-order valence-corrected chi connectivity index (χ2v) is 7.04. The Morgan fingerprint density at radius 2 is 1.90 bits per heavy atom. The van der Waals surface area contributed by atoms with E-state index in [-0.39, 0.29) is 17.9 Å². The monoisotopic (exact) mass is 486 g/mol. The molecule has 2 aromatic carbocycles. The van der Waals surface area contributed by atoms with Crippen molar-refractivity contribution >= 4 is 45.5 Å². The van der Waals surface area contributed by atoms with Crippen LogP contribution in [0.1, 0.15) is 12.5 Å². The number of rotatable bonds is 6. The molecule has 0 aromatic heterocycles. The number of nitrogens with zero attached hydrogens (tertiary/aromatic N) is 1. The molecule has 0 spiro atoms. The highest BCUT2D eigenvalue weighted by molar-refractivity contribution is 9.10. The van der Waals surface area contributed by atoms with E-state index in [0.29, 0.717) is 28.1 Å². The molecule has 0 aliphatic carbocycles. The van der Waals surface area contributed by atoms with E-state index in [1.165, 1.54) is 18.2 Å². The number of terminal acetylenes is 1. The number of halogens is 2. The summed E-state index contributed by atoms with van der Waals surface area (Å²) in [6.45, 7) is 2.15. The maximum atomic E-state index is 13.2. The molecule has 1 aliphatic heterocycles. The number of carbonyl (C=O) groups is 3. The quantitative estimate of drug-likeness (QED) is 0.382. The number of carbonyl (C=O) groups excluding carboxylic acids is 3. The number of nitrogens with one attached hydrogen (secondary N) is 1. The standard InChI is InChI=1S/C22H16BrFN2O5/c1-3-9-31-19-17(23)11-13(12-18(19)30-4-2)10-16-20(27)25-22(29)26(21(16)28)15-7-5-14(24)6-8-15/h1,5-8,10-12H,4,9H2,2H3,(H,25,27,29)/b16-10+. The zero-order valence-electron chi connectivity index (χ0n) is 16.3. The number of urea groups is 1. The van der Waals surface area contributed by atoms with Gasteiger partial charge in [-0.25, -0.2) is 14.1 Å². The van der Waals surface area contributed by atoms with E-state index in [2.05, 4.69) is 27.2 Å². The smallest absolute Gasteiger partial charge is 0.335 e. The van der Waals surface area contributed by atoms with Crippen molar-refractivity contribution < 1.29 is 28.2 Å². The summed E-state index contributed by atoms with van der Waals surface area (Å²) in [6, 6.07) is 7.01. The molecule has 4 amide bonds. The molecular weight excluding hydrogens is 471 g/mol. The van der Waals surface area contributed by atoms with Crippen LogP contribution >= 0.6 is 15.9 Å². The first-order valence-corrected chi connectivity index (χ1v) is 9.84. The summed E-state index contributed by atoms with van der Waals surface area (Å²) in [5.41, 5.74) is 0.280. The first kappa shape index (κ1) is 22.1. The molecule has 31 heavy (non-hydrogen) atoms. The highest BCUT2D eigenvalue weighted by atomic mass is 79.9. The fraction of sp³-hybridized carbons (Fsp3) is 0.136. The average Bonchev–Trinajstić information content (AvgIpc) is 2.72. The molecule has 1 saturated heterocycles. The molecular formula is C22H16BrFN2O5. The summed E-state index contributed by atoms with van der Waals surface area (Å²) in [4.78, 5) is 38.3. The lowest BCUT2D eigenvalue weighted by atomic mass is 10.1. The van der Waals surface area contributed by atoms with Crippen LogP contribution in [0, 0.1) is 18.2 Å². The van der Waals surface area contributed by atoms with Crippen molar-refractivity contribution in [3.63, 3.8) is 0 Å². The summed E-state index contributed by atoms with van der Waals surface area (Å²) < 4.78 is 24.8. The number of hydrogen-bond acceptors (Lipinski definition) is 5. The number of anilines is 1. The maximum Gasteiger partial charge on any atom is 0.335 e. The van der Waals surface area contributed by atoms with Gasteiger partial charge in [0.1, 0.15) is 18.0 Å². The Kier molecular flexibility index (Phi) is 6.72. The van der Waals surface area contributed by atoms with Crippen LogP contribution in [-0.2, 0) is 9.59 Å². The van der Waals surface area contributed by atoms with Gasteiger partial charge in [-0.05, 0) is 70.9 Å². The summed E-state index contributed by atoms with van der Waals surface area (Å²) in [5, 5.41) is 2.11. The van der Waals surface area contributed by atoms with Gasteiger partial charge in [0, 0.05) is 0 Å². The third-order valence-corrected chi connectivity index (χ3v) is 4.72. The zero-order valence-corrected chi connectivity index (χ0v) is 17.9. The summed E-state index contributed by atoms with van der Waals surface area (Å²) in [7, 11) is 0. The predicted octanol–water partition coefficient (Wildman–Crippen LogP) is 3.67. The fourth-order valence-corrected chi connectivity index (χ4v) is 3.41. The van der Waals surface area contributed by atoms with E-state index in [4.69, 9.17) is 15.9 Å². The van der Waals surface area contributed by atoms with E-state index >= 15 is 0 Å². The SMILES string of the molecule is C#CCOc1c(Br)cc(/C=C2\C(=O)NC(=O)N(c3ccc(F)cc3)C2=O)cc1OCC. The molecule has 9 heteroatoms. The molecule has 1 heterocycles. The van der Waals surface area contributed by atoms with Crippen molar-refractivity contribution in [2.45, 2.75) is 6.92 Å². The summed E-state index contributed by atoms with van der Waals surface area (Å²) in [6.07, 6.45) is 6.56. The highest BCUT2D eigenvalue weighted by Crippen LogP contribution is 2.37. The van der Waals surface area contributed by atoms with Crippen LogP contribution in [0.25, 0.3) is 6.08 Å². The lowest BCUT2D eigenvalue weighted by Gasteiger charge is -2.26. The van der Waals surface area contributed by atoms with Gasteiger partial charge < -0.3 is 9.47 Å². The molecule has 0 radical (unpaired) electrons. The number of hydrogen-bond donors (Lipinski definition) is 1. The van der Waals surface area contributed by atoms with Crippen LogP contribution in [0.5, 0.6) is 11.5 Å². The van der Waals surface area contributed by atoms with Gasteiger partial charge in [0.05, 0.1) is 16.8 Å². The molecule has 0 bridgehead atoms. The van der Waals surface area contributed by atoms with E-state index in [1.54, 1.807) is 19.1 Å². The maximum absolute atomic E-state index is 13.2. The van der Waals surface area contributed by atoms with Crippen LogP contribution in [-0.4, -0.2) is 31.1 Å². The summed E-state index contributed by atoms with van der Waals surface area (Å²) in [5.74, 6) is 0.874. The lowest BCUT2D eigenvalue weighted by Crippen LogP contribution is -2.54. The zero-order chi connectivity index (χ0) is 22.5. The topological polar surface area (TPSA) is 84.9 Å². The summed E-state index contributed by atoms with van der Waals surface area (Å²) >= 11 is 3.37. The Hall–Kier alpha value is -3.64. The number of imide groups is 2. The Bertz CT molecular complexity index is 1120. The molecule has 1 fully saturated rings. The molecule has 2 aromatic rings. The minimum absolute atomic E-state index is 0.0226. The Balaban J connectivity index is 2.02. The van der Waals surface area contributed by atoms with Crippen molar-refractivity contribution in [3.05, 3.63) is 57.8 Å². The van der Waals surface area contributed by atoms with Crippen LogP contribution in [0.3, 0.4) is 0 Å². The normalized spacial score (nSPS) is 15.0. The Morgan fingerprint density at radius 1 is 1.19 bits per heavy atom. The first-order valence-electron chi connectivity index (χ1n) is 9.05. The van der Waals surface area contributed by atoms with Gasteiger partial charge >= 0.3 is 6.03 Å². The second kappa shape index (κ2) is 9.45. The van der Waals surface area contributed by atoms with Crippen molar-refractivity contribution in [3.8, 4) is 23.8 Å². The second-order valence-electron chi connectivity index (χ2n) is 6.19. The van der Waals surface area contributed by atoms with Gasteiger partial charge in [-0.1, -0.05) is 5.92 Å². The van der Waals surface area contributed by atoms with Crippen molar-refractivity contribution in [1.82, 2.24) is 5.32 Å². The fourth-order valence-electron chi connectivity index (χ4n) is 2.84. The van der Waals surface area contributed by atoms with Gasteiger partial charge in [-0.15, -0.1) is 6.42 Å². The van der Waals surface area contributed by atoms with Crippen molar-refractivity contribution in [2.24, 2.45) is 0 Å². The predicted molar refractivity (Wildman–Crippen MR) is 115 cm³/mol. The van der Waals surface area contributed by atoms with Crippen molar-refractivity contribution in [2.75, 3.05) is 18.1 Å². The highest BCUT2D eigenvalue weighted by Gasteiger charge is 2.36.